The molecule has 0 bridgehead atoms. The van der Waals surface area contributed by atoms with Crippen molar-refractivity contribution < 1.29 is 19.1 Å². The lowest BCUT2D eigenvalue weighted by Crippen LogP contribution is -2.28. The number of carbonyl (C=O) groups excluding carboxylic acids is 2. The summed E-state index contributed by atoms with van der Waals surface area (Å²) in [5.74, 6) is 0.639. The molecular formula is C23H30N2O4. The highest BCUT2D eigenvalue weighted by molar-refractivity contribution is 5.96. The van der Waals surface area contributed by atoms with Crippen LogP contribution in [-0.2, 0) is 11.2 Å². The molecule has 2 aromatic carbocycles. The second-order valence-electron chi connectivity index (χ2n) is 8.02. The fourth-order valence-electron chi connectivity index (χ4n) is 2.59. The summed E-state index contributed by atoms with van der Waals surface area (Å²) >= 11 is 0. The number of rotatable bonds is 7. The average Bonchev–Trinajstić information content (AvgIpc) is 2.61. The SMILES string of the molecule is CC(C)Oc1ccc(CCNC(=O)c2cccc(NC(=O)OC(C)(C)C)c2)cc1. The van der Waals surface area contributed by atoms with Gasteiger partial charge in [0.1, 0.15) is 11.4 Å². The van der Waals surface area contributed by atoms with Crippen LogP contribution in [0, 0.1) is 0 Å². The first-order chi connectivity index (χ1) is 13.6. The molecule has 0 aliphatic heterocycles. The summed E-state index contributed by atoms with van der Waals surface area (Å²) in [6.07, 6.45) is 0.296. The molecule has 0 aromatic heterocycles. The van der Waals surface area contributed by atoms with Gasteiger partial charge in [-0.1, -0.05) is 18.2 Å². The van der Waals surface area contributed by atoms with Gasteiger partial charge in [0, 0.05) is 17.8 Å². The lowest BCUT2D eigenvalue weighted by molar-refractivity contribution is 0.0635. The maximum atomic E-state index is 12.4. The van der Waals surface area contributed by atoms with Crippen molar-refractivity contribution in [3.8, 4) is 5.75 Å². The zero-order valence-corrected chi connectivity index (χ0v) is 17.7. The zero-order chi connectivity index (χ0) is 21.4. The second-order valence-corrected chi connectivity index (χ2v) is 8.02. The van der Waals surface area contributed by atoms with Crippen LogP contribution < -0.4 is 15.4 Å². The van der Waals surface area contributed by atoms with E-state index in [-0.39, 0.29) is 12.0 Å². The average molecular weight is 399 g/mol. The second kappa shape index (κ2) is 9.96. The van der Waals surface area contributed by atoms with Crippen molar-refractivity contribution in [2.45, 2.75) is 52.7 Å². The summed E-state index contributed by atoms with van der Waals surface area (Å²) < 4.78 is 10.9. The maximum Gasteiger partial charge on any atom is 0.412 e. The summed E-state index contributed by atoms with van der Waals surface area (Å²) in [5, 5.41) is 5.54. The number of ether oxygens (including phenoxy) is 2. The van der Waals surface area contributed by atoms with Crippen molar-refractivity contribution in [2.24, 2.45) is 0 Å². The first-order valence-electron chi connectivity index (χ1n) is 9.76. The van der Waals surface area contributed by atoms with Crippen LogP contribution in [0.5, 0.6) is 5.75 Å². The van der Waals surface area contributed by atoms with E-state index in [0.29, 0.717) is 24.2 Å². The standard InChI is InChI=1S/C23H30N2O4/c1-16(2)28-20-11-9-17(10-12-20)13-14-24-21(26)18-7-6-8-19(15-18)25-22(27)29-23(3,4)5/h6-12,15-16H,13-14H2,1-5H3,(H,24,26)(H,25,27). The Morgan fingerprint density at radius 2 is 1.72 bits per heavy atom. The Balaban J connectivity index is 1.85. The summed E-state index contributed by atoms with van der Waals surface area (Å²) in [7, 11) is 0. The highest BCUT2D eigenvalue weighted by atomic mass is 16.6. The predicted molar refractivity (Wildman–Crippen MR) is 115 cm³/mol. The predicted octanol–water partition coefficient (Wildman–Crippen LogP) is 4.79. The lowest BCUT2D eigenvalue weighted by atomic mass is 10.1. The van der Waals surface area contributed by atoms with Crippen molar-refractivity contribution in [1.82, 2.24) is 5.32 Å². The van der Waals surface area contributed by atoms with Crippen LogP contribution >= 0.6 is 0 Å². The number of nitrogens with one attached hydrogen (secondary N) is 2. The molecule has 6 nitrogen and oxygen atoms in total. The largest absolute Gasteiger partial charge is 0.491 e. The fourth-order valence-corrected chi connectivity index (χ4v) is 2.59. The van der Waals surface area contributed by atoms with E-state index in [1.807, 2.05) is 38.1 Å². The minimum atomic E-state index is -0.585. The minimum absolute atomic E-state index is 0.140. The van der Waals surface area contributed by atoms with E-state index >= 15 is 0 Å². The Kier molecular flexibility index (Phi) is 7.65. The molecule has 0 atom stereocenters. The molecule has 0 fully saturated rings. The van der Waals surface area contributed by atoms with Gasteiger partial charge in [0.15, 0.2) is 0 Å². The molecule has 29 heavy (non-hydrogen) atoms. The van der Waals surface area contributed by atoms with Crippen LogP contribution in [-0.4, -0.2) is 30.3 Å². The smallest absolute Gasteiger partial charge is 0.412 e. The van der Waals surface area contributed by atoms with Crippen LogP contribution in [0.15, 0.2) is 48.5 Å². The molecule has 2 rings (SSSR count). The zero-order valence-electron chi connectivity index (χ0n) is 17.7. The van der Waals surface area contributed by atoms with Gasteiger partial charge in [-0.25, -0.2) is 4.79 Å². The van der Waals surface area contributed by atoms with Gasteiger partial charge in [-0.2, -0.15) is 0 Å². The first kappa shape index (κ1) is 22.3. The summed E-state index contributed by atoms with van der Waals surface area (Å²) in [4.78, 5) is 24.3. The molecule has 156 valence electrons. The van der Waals surface area contributed by atoms with Crippen molar-refractivity contribution in [1.29, 1.82) is 0 Å². The molecule has 2 amide bonds. The minimum Gasteiger partial charge on any atom is -0.491 e. The highest BCUT2D eigenvalue weighted by Crippen LogP contribution is 2.15. The molecule has 6 heteroatoms. The fraction of sp³-hybridized carbons (Fsp3) is 0.391. The highest BCUT2D eigenvalue weighted by Gasteiger charge is 2.16. The number of hydrogen-bond acceptors (Lipinski definition) is 4. The van der Waals surface area contributed by atoms with Gasteiger partial charge in [-0.15, -0.1) is 0 Å². The van der Waals surface area contributed by atoms with Gasteiger partial charge >= 0.3 is 6.09 Å². The molecule has 0 spiro atoms. The van der Waals surface area contributed by atoms with E-state index in [9.17, 15) is 9.59 Å². The third kappa shape index (κ3) is 8.25. The quantitative estimate of drug-likeness (QED) is 0.703. The number of carbonyl (C=O) groups is 2. The number of anilines is 1. The van der Waals surface area contributed by atoms with Crippen LogP contribution in [0.2, 0.25) is 0 Å². The molecule has 2 aromatic rings. The van der Waals surface area contributed by atoms with Crippen molar-refractivity contribution in [3.05, 3.63) is 59.7 Å². The van der Waals surface area contributed by atoms with Crippen LogP contribution in [0.25, 0.3) is 0 Å². The molecule has 0 heterocycles. The first-order valence-corrected chi connectivity index (χ1v) is 9.76. The molecule has 0 aliphatic rings. The topological polar surface area (TPSA) is 76.7 Å². The van der Waals surface area contributed by atoms with E-state index in [2.05, 4.69) is 10.6 Å². The lowest BCUT2D eigenvalue weighted by Gasteiger charge is -2.19. The van der Waals surface area contributed by atoms with Gasteiger partial charge in [-0.05, 0) is 76.9 Å². The molecule has 0 unspecified atom stereocenters. The Labute approximate surface area is 172 Å². The van der Waals surface area contributed by atoms with Crippen molar-refractivity contribution in [2.75, 3.05) is 11.9 Å². The summed E-state index contributed by atoms with van der Waals surface area (Å²) in [6, 6.07) is 14.6. The Hall–Kier alpha value is -3.02. The molecule has 0 radical (unpaired) electrons. The van der Waals surface area contributed by atoms with Gasteiger partial charge in [0.25, 0.3) is 5.91 Å². The molecular weight excluding hydrogens is 368 g/mol. The third-order valence-corrected chi connectivity index (χ3v) is 3.76. The van der Waals surface area contributed by atoms with Crippen molar-refractivity contribution >= 4 is 17.7 Å². The summed E-state index contributed by atoms with van der Waals surface area (Å²) in [5.41, 5.74) is 1.51. The Morgan fingerprint density at radius 3 is 2.34 bits per heavy atom. The van der Waals surface area contributed by atoms with Gasteiger partial charge in [-0.3, -0.25) is 10.1 Å². The van der Waals surface area contributed by atoms with E-state index in [0.717, 1.165) is 11.3 Å². The maximum absolute atomic E-state index is 12.4. The normalized spacial score (nSPS) is 11.1. The van der Waals surface area contributed by atoms with Gasteiger partial charge < -0.3 is 14.8 Å². The molecule has 0 aliphatic carbocycles. The third-order valence-electron chi connectivity index (χ3n) is 3.76. The van der Waals surface area contributed by atoms with E-state index in [1.165, 1.54) is 0 Å². The van der Waals surface area contributed by atoms with Crippen LogP contribution in [0.1, 0.15) is 50.5 Å². The Bertz CT molecular complexity index is 824. The van der Waals surface area contributed by atoms with E-state index in [1.54, 1.807) is 45.0 Å². The molecule has 0 saturated heterocycles. The van der Waals surface area contributed by atoms with Crippen LogP contribution in [0.4, 0.5) is 10.5 Å². The van der Waals surface area contributed by atoms with Gasteiger partial charge in [0.05, 0.1) is 6.10 Å². The molecule has 0 saturated carbocycles. The molecule has 2 N–H and O–H groups in total. The number of amides is 2. The monoisotopic (exact) mass is 398 g/mol. The van der Waals surface area contributed by atoms with E-state index < -0.39 is 11.7 Å². The number of benzene rings is 2. The number of hydrogen-bond donors (Lipinski definition) is 2. The van der Waals surface area contributed by atoms with Crippen molar-refractivity contribution in [3.63, 3.8) is 0 Å². The van der Waals surface area contributed by atoms with Crippen LogP contribution in [0.3, 0.4) is 0 Å². The van der Waals surface area contributed by atoms with Gasteiger partial charge in [0.2, 0.25) is 0 Å². The summed E-state index contributed by atoms with van der Waals surface area (Å²) in [6.45, 7) is 9.86. The Morgan fingerprint density at radius 1 is 1.03 bits per heavy atom. The van der Waals surface area contributed by atoms with E-state index in [4.69, 9.17) is 9.47 Å².